The molecule has 0 unspecified atom stereocenters. The summed E-state index contributed by atoms with van der Waals surface area (Å²) in [5.41, 5.74) is 6.43. The second-order valence-electron chi connectivity index (χ2n) is 6.85. The molecular weight excluding hydrogens is 356 g/mol. The maximum atomic E-state index is 12.3. The van der Waals surface area contributed by atoms with Crippen molar-refractivity contribution in [3.05, 3.63) is 16.8 Å². The highest BCUT2D eigenvalue weighted by molar-refractivity contribution is 8.00. The largest absolute Gasteiger partial charge is 0.351 e. The third-order valence-electron chi connectivity index (χ3n) is 4.41. The lowest BCUT2D eigenvalue weighted by atomic mass is 9.89. The molecule has 6 nitrogen and oxygen atoms in total. The van der Waals surface area contributed by atoms with Gasteiger partial charge in [-0.1, -0.05) is 32.5 Å². The van der Waals surface area contributed by atoms with Crippen molar-refractivity contribution in [2.75, 3.05) is 0 Å². The molecule has 2 heterocycles. The van der Waals surface area contributed by atoms with E-state index in [-0.39, 0.29) is 11.8 Å². The Morgan fingerprint density at radius 1 is 1.40 bits per heavy atom. The Morgan fingerprint density at radius 2 is 2.16 bits per heavy atom. The number of carbonyl (C=O) groups is 2. The SMILES string of the molecule is CC(C)[C@H](Sc1ncnc2sc3c(c12)CC[C@H](C)C3)C(=O)NC(N)=O. The Hall–Kier alpha value is -1.67. The minimum Gasteiger partial charge on any atom is -0.351 e. The van der Waals surface area contributed by atoms with Crippen LogP contribution in [-0.4, -0.2) is 27.2 Å². The molecule has 1 aliphatic rings. The molecule has 0 saturated heterocycles. The Morgan fingerprint density at radius 3 is 2.84 bits per heavy atom. The standard InChI is InChI=1S/C17H22N4O2S2/c1-8(2)13(14(22)21-17(18)23)25-16-12-10-5-4-9(3)6-11(10)24-15(12)19-7-20-16/h7-9,13H,4-6H2,1-3H3,(H3,18,21,22,23)/t9-,13-/m0/s1. The molecule has 2 aromatic heterocycles. The fraction of sp³-hybridized carbons (Fsp3) is 0.529. The first-order chi connectivity index (χ1) is 11.9. The highest BCUT2D eigenvalue weighted by atomic mass is 32.2. The molecule has 3 rings (SSSR count). The monoisotopic (exact) mass is 378 g/mol. The van der Waals surface area contributed by atoms with Crippen molar-refractivity contribution in [1.82, 2.24) is 15.3 Å². The van der Waals surface area contributed by atoms with Gasteiger partial charge < -0.3 is 5.73 Å². The van der Waals surface area contributed by atoms with E-state index in [4.69, 9.17) is 5.73 Å². The zero-order valence-electron chi connectivity index (χ0n) is 14.5. The number of rotatable bonds is 4. The highest BCUT2D eigenvalue weighted by Gasteiger charge is 2.28. The van der Waals surface area contributed by atoms with Gasteiger partial charge in [0.05, 0.1) is 5.25 Å². The van der Waals surface area contributed by atoms with E-state index < -0.39 is 11.3 Å². The molecule has 3 amide bonds. The normalized spacial score (nSPS) is 18.2. The van der Waals surface area contributed by atoms with Gasteiger partial charge in [-0.3, -0.25) is 10.1 Å². The molecule has 3 N–H and O–H groups in total. The topological polar surface area (TPSA) is 98.0 Å². The first-order valence-electron chi connectivity index (χ1n) is 8.39. The Bertz CT molecular complexity index is 818. The molecule has 0 radical (unpaired) electrons. The molecule has 2 aromatic rings. The number of fused-ring (bicyclic) bond motifs is 3. The van der Waals surface area contributed by atoms with Crippen LogP contribution in [0.4, 0.5) is 4.79 Å². The molecule has 0 aromatic carbocycles. The zero-order chi connectivity index (χ0) is 18.1. The summed E-state index contributed by atoms with van der Waals surface area (Å²) in [6.45, 7) is 6.17. The van der Waals surface area contributed by atoms with E-state index in [0.29, 0.717) is 5.92 Å². The summed E-state index contributed by atoms with van der Waals surface area (Å²) in [6, 6.07) is -0.828. The van der Waals surface area contributed by atoms with Crippen LogP contribution in [0, 0.1) is 11.8 Å². The number of imide groups is 1. The molecule has 0 spiro atoms. The molecule has 0 aliphatic heterocycles. The highest BCUT2D eigenvalue weighted by Crippen LogP contribution is 2.42. The van der Waals surface area contributed by atoms with Crippen LogP contribution in [0.2, 0.25) is 0 Å². The first kappa shape index (κ1) is 18.1. The van der Waals surface area contributed by atoms with Gasteiger partial charge in [-0.05, 0) is 36.7 Å². The molecule has 0 fully saturated rings. The predicted molar refractivity (Wildman–Crippen MR) is 101 cm³/mol. The summed E-state index contributed by atoms with van der Waals surface area (Å²) in [6.07, 6.45) is 4.82. The first-order valence-corrected chi connectivity index (χ1v) is 10.1. The number of amides is 3. The average molecular weight is 379 g/mol. The number of nitrogens with zero attached hydrogens (tertiary/aromatic N) is 2. The number of aryl methyl sites for hydroxylation is 1. The van der Waals surface area contributed by atoms with Gasteiger partial charge in [-0.15, -0.1) is 11.3 Å². The van der Waals surface area contributed by atoms with E-state index in [0.717, 1.165) is 34.5 Å². The van der Waals surface area contributed by atoms with Gasteiger partial charge >= 0.3 is 6.03 Å². The van der Waals surface area contributed by atoms with Crippen molar-refractivity contribution in [3.8, 4) is 0 Å². The van der Waals surface area contributed by atoms with E-state index >= 15 is 0 Å². The van der Waals surface area contributed by atoms with E-state index in [2.05, 4.69) is 22.2 Å². The Labute approximate surface area is 155 Å². The summed E-state index contributed by atoms with van der Waals surface area (Å²) < 4.78 is 0. The summed E-state index contributed by atoms with van der Waals surface area (Å²) in [7, 11) is 0. The molecule has 134 valence electrons. The van der Waals surface area contributed by atoms with Gasteiger partial charge in [0.25, 0.3) is 0 Å². The fourth-order valence-corrected chi connectivity index (χ4v) is 5.68. The van der Waals surface area contributed by atoms with E-state index in [1.165, 1.54) is 22.2 Å². The smallest absolute Gasteiger partial charge is 0.318 e. The average Bonchev–Trinajstić information content (AvgIpc) is 2.89. The van der Waals surface area contributed by atoms with E-state index in [1.54, 1.807) is 17.7 Å². The maximum Gasteiger partial charge on any atom is 0.318 e. The number of aromatic nitrogens is 2. The van der Waals surface area contributed by atoms with Gasteiger partial charge in [0.15, 0.2) is 0 Å². The van der Waals surface area contributed by atoms with Crippen molar-refractivity contribution < 1.29 is 9.59 Å². The molecule has 1 aliphatic carbocycles. The third kappa shape index (κ3) is 3.79. The Balaban J connectivity index is 1.97. The van der Waals surface area contributed by atoms with Crippen LogP contribution < -0.4 is 11.1 Å². The van der Waals surface area contributed by atoms with Gasteiger partial charge in [0, 0.05) is 10.3 Å². The van der Waals surface area contributed by atoms with Crippen molar-refractivity contribution in [1.29, 1.82) is 0 Å². The lowest BCUT2D eigenvalue weighted by Gasteiger charge is -2.20. The lowest BCUT2D eigenvalue weighted by Crippen LogP contribution is -2.42. The Kier molecular flexibility index (Phi) is 5.29. The van der Waals surface area contributed by atoms with Crippen LogP contribution in [-0.2, 0) is 17.6 Å². The molecular formula is C17H22N4O2S2. The number of thioether (sulfide) groups is 1. The van der Waals surface area contributed by atoms with Crippen molar-refractivity contribution in [2.45, 2.75) is 50.3 Å². The number of hydrogen-bond acceptors (Lipinski definition) is 6. The van der Waals surface area contributed by atoms with Gasteiger partial charge in [0.2, 0.25) is 5.91 Å². The molecule has 2 atom stereocenters. The van der Waals surface area contributed by atoms with E-state index in [1.807, 2.05) is 13.8 Å². The van der Waals surface area contributed by atoms with E-state index in [9.17, 15) is 9.59 Å². The lowest BCUT2D eigenvalue weighted by molar-refractivity contribution is -0.120. The number of nitrogens with two attached hydrogens (primary N) is 1. The minimum atomic E-state index is -0.828. The van der Waals surface area contributed by atoms with Gasteiger partial charge in [-0.2, -0.15) is 0 Å². The van der Waals surface area contributed by atoms with Gasteiger partial charge in [-0.25, -0.2) is 14.8 Å². The van der Waals surface area contributed by atoms with Crippen LogP contribution in [0.5, 0.6) is 0 Å². The van der Waals surface area contributed by atoms with Crippen LogP contribution in [0.3, 0.4) is 0 Å². The summed E-state index contributed by atoms with van der Waals surface area (Å²) in [5.74, 6) is 0.343. The molecule has 25 heavy (non-hydrogen) atoms. The summed E-state index contributed by atoms with van der Waals surface area (Å²) >= 11 is 3.12. The number of primary amides is 1. The quantitative estimate of drug-likeness (QED) is 0.629. The number of urea groups is 1. The molecule has 8 heteroatoms. The van der Waals surface area contributed by atoms with Crippen LogP contribution in [0.15, 0.2) is 11.4 Å². The minimum absolute atomic E-state index is 0.0313. The summed E-state index contributed by atoms with van der Waals surface area (Å²) in [4.78, 5) is 34.6. The van der Waals surface area contributed by atoms with Crippen molar-refractivity contribution in [2.24, 2.45) is 17.6 Å². The number of carbonyl (C=O) groups excluding carboxylic acids is 2. The molecule has 0 saturated carbocycles. The third-order valence-corrected chi connectivity index (χ3v) is 7.11. The number of hydrogen-bond donors (Lipinski definition) is 2. The summed E-state index contributed by atoms with van der Waals surface area (Å²) in [5, 5.41) is 3.65. The van der Waals surface area contributed by atoms with Crippen molar-refractivity contribution in [3.63, 3.8) is 0 Å². The van der Waals surface area contributed by atoms with Crippen LogP contribution in [0.25, 0.3) is 10.2 Å². The number of nitrogens with one attached hydrogen (secondary N) is 1. The molecule has 0 bridgehead atoms. The number of thiophene rings is 1. The van der Waals surface area contributed by atoms with Crippen LogP contribution in [0.1, 0.15) is 37.6 Å². The van der Waals surface area contributed by atoms with Crippen molar-refractivity contribution >= 4 is 45.3 Å². The predicted octanol–water partition coefficient (Wildman–Crippen LogP) is 3.13. The second-order valence-corrected chi connectivity index (χ2v) is 9.06. The maximum absolute atomic E-state index is 12.3. The fourth-order valence-electron chi connectivity index (χ4n) is 3.14. The van der Waals surface area contributed by atoms with Crippen LogP contribution >= 0.6 is 23.1 Å². The van der Waals surface area contributed by atoms with Gasteiger partial charge in [0.1, 0.15) is 16.2 Å². The zero-order valence-corrected chi connectivity index (χ0v) is 16.2. The second kappa shape index (κ2) is 7.29.